The van der Waals surface area contributed by atoms with Gasteiger partial charge < -0.3 is 4.74 Å². The molecule has 2 bridgehead atoms. The van der Waals surface area contributed by atoms with Gasteiger partial charge in [-0.15, -0.1) is 0 Å². The molecule has 7 fully saturated rings. The Morgan fingerprint density at radius 1 is 1.19 bits per heavy atom. The molecule has 3 aliphatic heterocycles. The van der Waals surface area contributed by atoms with Crippen molar-refractivity contribution in [1.29, 1.82) is 0 Å². The number of hydrogen-bond acceptors (Lipinski definition) is 2. The predicted molar refractivity (Wildman–Crippen MR) is 106 cm³/mol. The number of fused-ring (bicyclic) bond motifs is 3. The van der Waals surface area contributed by atoms with E-state index in [1.807, 2.05) is 0 Å². The first-order chi connectivity index (χ1) is 12.8. The van der Waals surface area contributed by atoms with Gasteiger partial charge in [-0.05, 0) is 85.5 Å². The normalized spacial score (nSPS) is 52.5. The minimum Gasteiger partial charge on any atom is -0.465 e. The highest BCUT2D eigenvalue weighted by Crippen LogP contribution is 2.85. The number of carbonyl (C=O) groups is 1. The molecule has 0 aromatic carbocycles. The molecular formula is C25H34O2. The molecule has 3 heterocycles. The van der Waals surface area contributed by atoms with E-state index < -0.39 is 0 Å². The van der Waals surface area contributed by atoms with Gasteiger partial charge >= 0.3 is 5.97 Å². The summed E-state index contributed by atoms with van der Waals surface area (Å²) in [5.74, 6) is 1.99. The average molecular weight is 367 g/mol. The van der Waals surface area contributed by atoms with Crippen LogP contribution in [0, 0.1) is 39.4 Å². The standard InChI is InChI=1S/C25H34O2/c1-16(2)17-5-7-19-18(11-17)6-8-20-22(19,3)9-4-10-25(20)21(26)27-15-23-12-24(25,13-23)14-23/h6,11,16,19-20H,4-5,7-10,12-15H2,1-3H3/t19-,20?,22-,23?,24?,25-/m1/s1. The molecule has 0 amide bonds. The summed E-state index contributed by atoms with van der Waals surface area (Å²) in [6.07, 6.45) is 16.1. The van der Waals surface area contributed by atoms with Gasteiger partial charge in [-0.3, -0.25) is 4.79 Å². The van der Waals surface area contributed by atoms with Crippen LogP contribution < -0.4 is 0 Å². The van der Waals surface area contributed by atoms with Gasteiger partial charge in [0.25, 0.3) is 0 Å². The van der Waals surface area contributed by atoms with Crippen LogP contribution in [0.25, 0.3) is 0 Å². The Morgan fingerprint density at radius 2 is 1.96 bits per heavy atom. The number of allylic oxidation sites excluding steroid dienone is 4. The first-order valence-corrected chi connectivity index (χ1v) is 11.4. The Morgan fingerprint density at radius 3 is 2.70 bits per heavy atom. The smallest absolute Gasteiger partial charge is 0.312 e. The number of esters is 1. The van der Waals surface area contributed by atoms with Crippen molar-refractivity contribution in [2.24, 2.45) is 39.4 Å². The van der Waals surface area contributed by atoms with E-state index in [4.69, 9.17) is 4.74 Å². The molecule has 4 atom stereocenters. The minimum atomic E-state index is -0.178. The number of carbonyl (C=O) groups excluding carboxylic acids is 1. The van der Waals surface area contributed by atoms with Crippen molar-refractivity contribution in [3.63, 3.8) is 0 Å². The summed E-state index contributed by atoms with van der Waals surface area (Å²) < 4.78 is 6.00. The second kappa shape index (κ2) is 4.92. The lowest BCUT2D eigenvalue weighted by Gasteiger charge is -2.76. The third kappa shape index (κ3) is 1.78. The van der Waals surface area contributed by atoms with Crippen molar-refractivity contribution in [2.45, 2.75) is 78.6 Å². The quantitative estimate of drug-likeness (QED) is 0.546. The van der Waals surface area contributed by atoms with Crippen molar-refractivity contribution in [1.82, 2.24) is 0 Å². The topological polar surface area (TPSA) is 26.3 Å². The van der Waals surface area contributed by atoms with Gasteiger partial charge in [-0.2, -0.15) is 0 Å². The molecule has 0 aromatic rings. The summed E-state index contributed by atoms with van der Waals surface area (Å²) in [5.41, 5.74) is 4.00. The van der Waals surface area contributed by atoms with Crippen LogP contribution in [-0.2, 0) is 9.53 Å². The molecule has 0 N–H and O–H groups in total. The third-order valence-corrected chi connectivity index (χ3v) is 10.2. The zero-order chi connectivity index (χ0) is 18.7. The highest BCUT2D eigenvalue weighted by Gasteiger charge is 2.82. The molecule has 146 valence electrons. The van der Waals surface area contributed by atoms with E-state index in [2.05, 4.69) is 32.9 Å². The Hall–Kier alpha value is -1.05. The predicted octanol–water partition coefficient (Wildman–Crippen LogP) is 5.83. The monoisotopic (exact) mass is 366 g/mol. The van der Waals surface area contributed by atoms with Crippen LogP contribution in [0.1, 0.15) is 78.6 Å². The fraction of sp³-hybridized carbons (Fsp3) is 0.800. The Balaban J connectivity index is 1.45. The highest BCUT2D eigenvalue weighted by molar-refractivity contribution is 5.81. The van der Waals surface area contributed by atoms with Crippen LogP contribution in [0.3, 0.4) is 0 Å². The molecule has 3 saturated heterocycles. The lowest BCUT2D eigenvalue weighted by atomic mass is 9.25. The van der Waals surface area contributed by atoms with Gasteiger partial charge in [0.1, 0.15) is 0 Å². The Kier molecular flexibility index (Phi) is 3.07. The summed E-state index contributed by atoms with van der Waals surface area (Å²) in [6, 6.07) is 0. The van der Waals surface area contributed by atoms with Gasteiger partial charge in [0, 0.05) is 5.41 Å². The maximum atomic E-state index is 13.5. The van der Waals surface area contributed by atoms with Crippen molar-refractivity contribution < 1.29 is 9.53 Å². The zero-order valence-corrected chi connectivity index (χ0v) is 17.3. The van der Waals surface area contributed by atoms with Gasteiger partial charge in [-0.25, -0.2) is 0 Å². The van der Waals surface area contributed by atoms with E-state index in [0.29, 0.717) is 35.2 Å². The van der Waals surface area contributed by atoms with Gasteiger partial charge in [0.15, 0.2) is 0 Å². The first kappa shape index (κ1) is 16.9. The van der Waals surface area contributed by atoms with Crippen LogP contribution in [0.15, 0.2) is 23.3 Å². The molecule has 1 spiro atoms. The molecule has 1 unspecified atom stereocenters. The van der Waals surface area contributed by atoms with E-state index >= 15 is 0 Å². The molecule has 0 aromatic heterocycles. The lowest BCUT2D eigenvalue weighted by Crippen LogP contribution is -2.73. The molecule has 6 aliphatic carbocycles. The summed E-state index contributed by atoms with van der Waals surface area (Å²) in [7, 11) is 0. The van der Waals surface area contributed by atoms with Gasteiger partial charge in [-0.1, -0.05) is 44.9 Å². The van der Waals surface area contributed by atoms with Crippen LogP contribution in [0.5, 0.6) is 0 Å². The van der Waals surface area contributed by atoms with Crippen LogP contribution in [0.2, 0.25) is 0 Å². The molecular weight excluding hydrogens is 332 g/mol. The van der Waals surface area contributed by atoms with E-state index in [1.165, 1.54) is 44.9 Å². The Bertz CT molecular complexity index is 766. The number of rotatable bonds is 1. The number of hydrogen-bond donors (Lipinski definition) is 0. The van der Waals surface area contributed by atoms with Crippen molar-refractivity contribution in [3.05, 3.63) is 23.3 Å². The molecule has 4 saturated carbocycles. The second-order valence-corrected chi connectivity index (χ2v) is 11.7. The molecule has 0 radical (unpaired) electrons. The first-order valence-electron chi connectivity index (χ1n) is 11.4. The highest BCUT2D eigenvalue weighted by atomic mass is 16.5. The summed E-state index contributed by atoms with van der Waals surface area (Å²) in [5, 5.41) is 0. The second-order valence-electron chi connectivity index (χ2n) is 11.7. The zero-order valence-electron chi connectivity index (χ0n) is 17.3. The summed E-state index contributed by atoms with van der Waals surface area (Å²) >= 11 is 0. The Labute approximate surface area is 163 Å². The average Bonchev–Trinajstić information content (AvgIpc) is 2.80. The van der Waals surface area contributed by atoms with E-state index in [0.717, 1.165) is 12.8 Å². The maximum absolute atomic E-state index is 13.5. The van der Waals surface area contributed by atoms with Crippen LogP contribution in [0.4, 0.5) is 0 Å². The third-order valence-electron chi connectivity index (χ3n) is 10.2. The van der Waals surface area contributed by atoms with Crippen molar-refractivity contribution >= 4 is 5.97 Å². The van der Waals surface area contributed by atoms with E-state index in [-0.39, 0.29) is 16.8 Å². The molecule has 9 aliphatic rings. The van der Waals surface area contributed by atoms with Gasteiger partial charge in [0.05, 0.1) is 12.0 Å². The molecule has 9 rings (SSSR count). The summed E-state index contributed by atoms with van der Waals surface area (Å²) in [6.45, 7) is 7.92. The van der Waals surface area contributed by atoms with Crippen molar-refractivity contribution in [3.8, 4) is 0 Å². The number of ether oxygens (including phenoxy) is 1. The SMILES string of the molecule is CC(C)C1=CC2=CCC3[C@](C)(CCC[C@]34C(=O)OCC35CC4(C3)C5)[C@@H]2CC1. The molecule has 2 nitrogen and oxygen atoms in total. The lowest BCUT2D eigenvalue weighted by molar-refractivity contribution is -0.282. The van der Waals surface area contributed by atoms with Crippen molar-refractivity contribution in [2.75, 3.05) is 6.61 Å². The maximum Gasteiger partial charge on any atom is 0.312 e. The fourth-order valence-electron chi connectivity index (χ4n) is 9.10. The largest absolute Gasteiger partial charge is 0.465 e. The van der Waals surface area contributed by atoms with Crippen LogP contribution in [-0.4, -0.2) is 12.6 Å². The van der Waals surface area contributed by atoms with Crippen LogP contribution >= 0.6 is 0 Å². The molecule has 2 heteroatoms. The van der Waals surface area contributed by atoms with E-state index in [1.54, 1.807) is 11.1 Å². The molecule has 27 heavy (non-hydrogen) atoms. The van der Waals surface area contributed by atoms with Gasteiger partial charge in [0.2, 0.25) is 0 Å². The van der Waals surface area contributed by atoms with E-state index in [9.17, 15) is 4.79 Å². The summed E-state index contributed by atoms with van der Waals surface area (Å²) in [4.78, 5) is 13.5. The minimum absolute atomic E-state index is 0.178. The fourth-order valence-corrected chi connectivity index (χ4v) is 9.10.